The summed E-state index contributed by atoms with van der Waals surface area (Å²) >= 11 is 0. The van der Waals surface area contributed by atoms with E-state index in [1.807, 2.05) is 0 Å². The molecule has 0 aliphatic heterocycles. The summed E-state index contributed by atoms with van der Waals surface area (Å²) in [6, 6.07) is 8.49. The lowest BCUT2D eigenvalue weighted by molar-refractivity contribution is -0.274. The second kappa shape index (κ2) is 5.82. The molecular formula is C14H10F3NO3. The summed E-state index contributed by atoms with van der Waals surface area (Å²) in [6.07, 6.45) is -3.80. The summed E-state index contributed by atoms with van der Waals surface area (Å²) in [5, 5.41) is 8.85. The van der Waals surface area contributed by atoms with Crippen LogP contribution in [0.5, 0.6) is 5.75 Å². The molecule has 21 heavy (non-hydrogen) atoms. The second-order valence-electron chi connectivity index (χ2n) is 4.13. The molecule has 2 rings (SSSR count). The van der Waals surface area contributed by atoms with Crippen molar-refractivity contribution in [2.24, 2.45) is 0 Å². The van der Waals surface area contributed by atoms with Crippen LogP contribution in [0.1, 0.15) is 5.56 Å². The Morgan fingerprint density at radius 3 is 2.57 bits per heavy atom. The number of hydrogen-bond acceptors (Lipinski definition) is 3. The molecule has 0 aliphatic carbocycles. The number of carbonyl (C=O) groups is 1. The summed E-state index contributed by atoms with van der Waals surface area (Å²) in [4.78, 5) is 14.8. The Morgan fingerprint density at radius 1 is 1.19 bits per heavy atom. The normalized spacial score (nSPS) is 11.2. The van der Waals surface area contributed by atoms with Gasteiger partial charge in [0.15, 0.2) is 0 Å². The highest BCUT2D eigenvalue weighted by atomic mass is 19.4. The number of carboxylic acid groups (broad SMARTS) is 1. The predicted molar refractivity (Wildman–Crippen MR) is 67.7 cm³/mol. The zero-order valence-electron chi connectivity index (χ0n) is 10.6. The van der Waals surface area contributed by atoms with E-state index in [1.54, 1.807) is 0 Å². The van der Waals surface area contributed by atoms with Crippen LogP contribution in [0.2, 0.25) is 0 Å². The summed E-state index contributed by atoms with van der Waals surface area (Å²) < 4.78 is 41.2. The van der Waals surface area contributed by atoms with Gasteiger partial charge in [-0.2, -0.15) is 0 Å². The number of para-hydroxylation sites is 1. The number of rotatable bonds is 4. The Labute approximate surface area is 117 Å². The molecule has 0 fully saturated rings. The van der Waals surface area contributed by atoms with E-state index in [2.05, 4.69) is 9.72 Å². The molecule has 0 spiro atoms. The molecule has 0 saturated carbocycles. The van der Waals surface area contributed by atoms with Crippen molar-refractivity contribution < 1.29 is 27.8 Å². The molecule has 0 aliphatic rings. The zero-order valence-corrected chi connectivity index (χ0v) is 10.6. The van der Waals surface area contributed by atoms with Crippen LogP contribution in [0.4, 0.5) is 13.2 Å². The number of aliphatic carboxylic acids is 1. The first-order valence-corrected chi connectivity index (χ1v) is 5.87. The average Bonchev–Trinajstić information content (AvgIpc) is 2.38. The number of ether oxygens (including phenoxy) is 1. The first kappa shape index (κ1) is 14.8. The fourth-order valence-electron chi connectivity index (χ4n) is 1.86. The number of benzene rings is 1. The molecule has 0 saturated heterocycles. The largest absolute Gasteiger partial charge is 0.573 e. The minimum atomic E-state index is -4.84. The van der Waals surface area contributed by atoms with Crippen molar-refractivity contribution in [3.63, 3.8) is 0 Å². The lowest BCUT2D eigenvalue weighted by Gasteiger charge is -2.14. The average molecular weight is 297 g/mol. The summed E-state index contributed by atoms with van der Waals surface area (Å²) in [6.45, 7) is 0. The Hall–Kier alpha value is -2.57. The SMILES string of the molecule is O=C(O)Cc1cccnc1-c1ccccc1OC(F)(F)F. The van der Waals surface area contributed by atoms with Gasteiger partial charge in [0.25, 0.3) is 0 Å². The molecule has 7 heteroatoms. The topological polar surface area (TPSA) is 59.4 Å². The maximum absolute atomic E-state index is 12.4. The molecular weight excluding hydrogens is 287 g/mol. The van der Waals surface area contributed by atoms with Crippen molar-refractivity contribution >= 4 is 5.97 Å². The van der Waals surface area contributed by atoms with Crippen LogP contribution in [0.25, 0.3) is 11.3 Å². The Balaban J connectivity index is 2.50. The maximum Gasteiger partial charge on any atom is 0.573 e. The van der Waals surface area contributed by atoms with Gasteiger partial charge in [0, 0.05) is 11.8 Å². The van der Waals surface area contributed by atoms with Gasteiger partial charge in [-0.3, -0.25) is 9.78 Å². The number of hydrogen-bond donors (Lipinski definition) is 1. The van der Waals surface area contributed by atoms with Gasteiger partial charge in [-0.15, -0.1) is 13.2 Å². The second-order valence-corrected chi connectivity index (χ2v) is 4.13. The van der Waals surface area contributed by atoms with Crippen LogP contribution < -0.4 is 4.74 Å². The Morgan fingerprint density at radius 2 is 1.90 bits per heavy atom. The van der Waals surface area contributed by atoms with Crippen molar-refractivity contribution in [2.45, 2.75) is 12.8 Å². The molecule has 4 nitrogen and oxygen atoms in total. The minimum absolute atomic E-state index is 0.0895. The van der Waals surface area contributed by atoms with Crippen LogP contribution in [0.3, 0.4) is 0 Å². The molecule has 1 N–H and O–H groups in total. The summed E-state index contributed by atoms with van der Waals surface area (Å²) in [5.41, 5.74) is 0.551. The smallest absolute Gasteiger partial charge is 0.481 e. The number of aromatic nitrogens is 1. The van der Waals surface area contributed by atoms with Crippen molar-refractivity contribution in [3.8, 4) is 17.0 Å². The van der Waals surface area contributed by atoms with E-state index < -0.39 is 18.1 Å². The standard InChI is InChI=1S/C14H10F3NO3/c15-14(16,17)21-11-6-2-1-5-10(11)13-9(8-12(19)20)4-3-7-18-13/h1-7H,8H2,(H,19,20). The van der Waals surface area contributed by atoms with Crippen LogP contribution in [0.15, 0.2) is 42.6 Å². The molecule has 110 valence electrons. The first-order valence-electron chi connectivity index (χ1n) is 5.87. The summed E-state index contributed by atoms with van der Waals surface area (Å²) in [5.74, 6) is -1.52. The molecule has 0 amide bonds. The minimum Gasteiger partial charge on any atom is -0.481 e. The van der Waals surface area contributed by atoms with Gasteiger partial charge in [0.1, 0.15) is 5.75 Å². The van der Waals surface area contributed by atoms with Crippen LogP contribution >= 0.6 is 0 Å². The maximum atomic E-state index is 12.4. The fourth-order valence-corrected chi connectivity index (χ4v) is 1.86. The number of alkyl halides is 3. The van der Waals surface area contributed by atoms with E-state index in [0.29, 0.717) is 5.56 Å². The van der Waals surface area contributed by atoms with Gasteiger partial charge in [-0.1, -0.05) is 18.2 Å². The molecule has 1 aromatic heterocycles. The van der Waals surface area contributed by atoms with Crippen LogP contribution in [0, 0.1) is 0 Å². The van der Waals surface area contributed by atoms with Crippen molar-refractivity contribution in [2.75, 3.05) is 0 Å². The molecule has 0 unspecified atom stereocenters. The van der Waals surface area contributed by atoms with Crippen molar-refractivity contribution in [3.05, 3.63) is 48.2 Å². The fraction of sp³-hybridized carbons (Fsp3) is 0.143. The van der Waals surface area contributed by atoms with Gasteiger partial charge in [-0.05, 0) is 23.8 Å². The number of pyridine rings is 1. The number of nitrogens with zero attached hydrogens (tertiary/aromatic N) is 1. The molecule has 1 heterocycles. The van der Waals surface area contributed by atoms with Gasteiger partial charge >= 0.3 is 12.3 Å². The van der Waals surface area contributed by atoms with Crippen molar-refractivity contribution in [1.82, 2.24) is 4.98 Å². The lowest BCUT2D eigenvalue weighted by atomic mass is 10.0. The molecule has 0 bridgehead atoms. The zero-order chi connectivity index (χ0) is 15.5. The van der Waals surface area contributed by atoms with E-state index in [1.165, 1.54) is 36.5 Å². The first-order chi connectivity index (χ1) is 9.87. The van der Waals surface area contributed by atoms with E-state index in [9.17, 15) is 18.0 Å². The highest BCUT2D eigenvalue weighted by Crippen LogP contribution is 2.34. The monoisotopic (exact) mass is 297 g/mol. The third-order valence-corrected chi connectivity index (χ3v) is 2.60. The van der Waals surface area contributed by atoms with E-state index in [0.717, 1.165) is 6.07 Å². The van der Waals surface area contributed by atoms with Gasteiger partial charge in [0.2, 0.25) is 0 Å². The molecule has 0 atom stereocenters. The summed E-state index contributed by atoms with van der Waals surface area (Å²) in [7, 11) is 0. The number of halogens is 3. The number of carboxylic acids is 1. The van der Waals surface area contributed by atoms with Crippen LogP contribution in [-0.2, 0) is 11.2 Å². The lowest BCUT2D eigenvalue weighted by Crippen LogP contribution is -2.17. The highest BCUT2D eigenvalue weighted by Gasteiger charge is 2.32. The Kier molecular flexibility index (Phi) is 4.11. The molecule has 1 aromatic carbocycles. The Bertz CT molecular complexity index is 656. The molecule has 2 aromatic rings. The quantitative estimate of drug-likeness (QED) is 0.941. The van der Waals surface area contributed by atoms with E-state index in [-0.39, 0.29) is 17.7 Å². The van der Waals surface area contributed by atoms with Gasteiger partial charge in [-0.25, -0.2) is 0 Å². The molecule has 0 radical (unpaired) electrons. The third-order valence-electron chi connectivity index (χ3n) is 2.60. The van der Waals surface area contributed by atoms with Gasteiger partial charge < -0.3 is 9.84 Å². The van der Waals surface area contributed by atoms with Crippen LogP contribution in [-0.4, -0.2) is 22.4 Å². The van der Waals surface area contributed by atoms with Gasteiger partial charge in [0.05, 0.1) is 12.1 Å². The highest BCUT2D eigenvalue weighted by molar-refractivity contribution is 5.77. The van der Waals surface area contributed by atoms with Crippen molar-refractivity contribution in [1.29, 1.82) is 0 Å². The van der Waals surface area contributed by atoms with E-state index in [4.69, 9.17) is 5.11 Å². The predicted octanol–water partition coefficient (Wildman–Crippen LogP) is 3.27. The third kappa shape index (κ3) is 3.95. The van der Waals surface area contributed by atoms with E-state index >= 15 is 0 Å².